The highest BCUT2D eigenvalue weighted by Gasteiger charge is 2.50. The lowest BCUT2D eigenvalue weighted by atomic mass is 9.61. The molecule has 11 aromatic rings. The van der Waals surface area contributed by atoms with Gasteiger partial charge in [0, 0.05) is 49.9 Å². The molecule has 13 rings (SSSR count). The van der Waals surface area contributed by atoms with Crippen LogP contribution in [-0.2, 0) is 5.41 Å². The first-order valence-corrected chi connectivity index (χ1v) is 19.8. The lowest BCUT2D eigenvalue weighted by Gasteiger charge is -2.45. The molecule has 1 spiro atoms. The van der Waals surface area contributed by atoms with Gasteiger partial charge >= 0.3 is 0 Å². The summed E-state index contributed by atoms with van der Waals surface area (Å²) < 4.78 is 11.8. The minimum Gasteiger partial charge on any atom is -0.457 e. The van der Waals surface area contributed by atoms with Gasteiger partial charge in [-0.2, -0.15) is 0 Å². The molecule has 58 heavy (non-hydrogen) atoms. The minimum absolute atomic E-state index is 0.676. The topological polar surface area (TPSA) is 44.9 Å². The van der Waals surface area contributed by atoms with E-state index >= 15 is 0 Å². The van der Waals surface area contributed by atoms with Gasteiger partial charge in [-0.25, -0.2) is 9.97 Å². The molecule has 0 radical (unpaired) electrons. The Hall–Kier alpha value is -7.76. The van der Waals surface area contributed by atoms with E-state index in [4.69, 9.17) is 14.7 Å². The smallest absolute Gasteiger partial charge is 0.162 e. The van der Waals surface area contributed by atoms with Gasteiger partial charge in [0.25, 0.3) is 0 Å². The second-order valence-corrected chi connectivity index (χ2v) is 15.3. The zero-order valence-corrected chi connectivity index (χ0v) is 31.2. The lowest BCUT2D eigenvalue weighted by Crippen LogP contribution is -2.37. The third kappa shape index (κ3) is 4.09. The number of hydrogen-bond donors (Lipinski definition) is 0. The van der Waals surface area contributed by atoms with Crippen molar-refractivity contribution in [3.05, 3.63) is 216 Å². The number of para-hydroxylation sites is 5. The maximum absolute atomic E-state index is 7.05. The predicted molar refractivity (Wildman–Crippen MR) is 234 cm³/mol. The molecule has 270 valence electrons. The number of hydrogen-bond acceptors (Lipinski definition) is 3. The monoisotopic (exact) mass is 740 g/mol. The summed E-state index contributed by atoms with van der Waals surface area (Å²) in [5.74, 6) is 3.19. The van der Waals surface area contributed by atoms with E-state index in [1.165, 1.54) is 38.6 Å². The Morgan fingerprint density at radius 2 is 1.02 bits per heavy atom. The minimum atomic E-state index is -0.698. The molecule has 1 unspecified atom stereocenters. The molecule has 2 aliphatic rings. The standard InChI is InChI=1S/C53H32N4O/c1-3-16-33(17-4-1)43-32-50(55-52(54-43)34-18-5-2-6-19-34)56-44-26-11-8-21-36(44)38-30-49-42(31-47(38)56)53(40-24-10-14-29-48(40)58-49)39-23-9-13-28-46(39)57-45-27-12-7-20-35(45)37-22-15-25-41(53)51(37)57/h1-32H. The van der Waals surface area contributed by atoms with Crippen LogP contribution in [0.4, 0.5) is 0 Å². The normalized spacial score (nSPS) is 15.1. The zero-order chi connectivity index (χ0) is 38.0. The molecular weight excluding hydrogens is 709 g/mol. The quantitative estimate of drug-likeness (QED) is 0.181. The van der Waals surface area contributed by atoms with Crippen molar-refractivity contribution in [1.82, 2.24) is 19.1 Å². The molecule has 0 fully saturated rings. The molecule has 3 aromatic heterocycles. The molecule has 0 bridgehead atoms. The Bertz CT molecular complexity index is 3430. The van der Waals surface area contributed by atoms with Gasteiger partial charge in [-0.05, 0) is 47.5 Å². The number of ether oxygens (including phenoxy) is 1. The first-order valence-electron chi connectivity index (χ1n) is 19.8. The average molecular weight is 741 g/mol. The summed E-state index contributed by atoms with van der Waals surface area (Å²) in [4.78, 5) is 10.5. The number of rotatable bonds is 3. The first kappa shape index (κ1) is 31.4. The van der Waals surface area contributed by atoms with Gasteiger partial charge in [-0.1, -0.05) is 152 Å². The van der Waals surface area contributed by atoms with Gasteiger partial charge < -0.3 is 9.30 Å². The highest BCUT2D eigenvalue weighted by molar-refractivity contribution is 6.13. The molecule has 5 nitrogen and oxygen atoms in total. The van der Waals surface area contributed by atoms with Gasteiger partial charge in [0.15, 0.2) is 5.82 Å². The molecule has 0 saturated carbocycles. The van der Waals surface area contributed by atoms with E-state index in [1.807, 2.05) is 24.3 Å². The summed E-state index contributed by atoms with van der Waals surface area (Å²) >= 11 is 0. The van der Waals surface area contributed by atoms with E-state index in [0.29, 0.717) is 5.82 Å². The van der Waals surface area contributed by atoms with Crippen LogP contribution in [0.5, 0.6) is 11.5 Å². The van der Waals surface area contributed by atoms with Crippen molar-refractivity contribution < 1.29 is 4.74 Å². The van der Waals surface area contributed by atoms with E-state index in [9.17, 15) is 0 Å². The first-order chi connectivity index (χ1) is 28.8. The highest BCUT2D eigenvalue weighted by Crippen LogP contribution is 2.61. The maximum Gasteiger partial charge on any atom is 0.162 e. The zero-order valence-electron chi connectivity index (χ0n) is 31.2. The molecular formula is C53H32N4O. The van der Waals surface area contributed by atoms with Gasteiger partial charge in [0.05, 0.1) is 38.9 Å². The van der Waals surface area contributed by atoms with Crippen molar-refractivity contribution in [3.63, 3.8) is 0 Å². The van der Waals surface area contributed by atoms with Crippen molar-refractivity contribution in [2.24, 2.45) is 0 Å². The molecule has 0 aliphatic carbocycles. The second kappa shape index (κ2) is 11.6. The Morgan fingerprint density at radius 3 is 1.83 bits per heavy atom. The summed E-state index contributed by atoms with van der Waals surface area (Å²) in [6.45, 7) is 0. The van der Waals surface area contributed by atoms with Crippen LogP contribution >= 0.6 is 0 Å². The third-order valence-electron chi connectivity index (χ3n) is 12.4. The van der Waals surface area contributed by atoms with Crippen molar-refractivity contribution >= 4 is 43.6 Å². The molecule has 5 heterocycles. The Labute approximate surface area is 333 Å². The summed E-state index contributed by atoms with van der Waals surface area (Å²) in [6, 6.07) is 69.3. The van der Waals surface area contributed by atoms with Crippen LogP contribution in [0.3, 0.4) is 0 Å². The maximum atomic E-state index is 7.05. The van der Waals surface area contributed by atoms with Gasteiger partial charge in [0.2, 0.25) is 0 Å². The fourth-order valence-electron chi connectivity index (χ4n) is 10.1. The molecule has 2 aliphatic heterocycles. The largest absolute Gasteiger partial charge is 0.457 e. The number of benzene rings is 8. The van der Waals surface area contributed by atoms with Crippen molar-refractivity contribution in [2.45, 2.75) is 5.41 Å². The summed E-state index contributed by atoms with van der Waals surface area (Å²) in [6.07, 6.45) is 0. The molecule has 8 aromatic carbocycles. The summed E-state index contributed by atoms with van der Waals surface area (Å²) in [5.41, 5.74) is 12.6. The molecule has 0 N–H and O–H groups in total. The Morgan fingerprint density at radius 1 is 0.397 bits per heavy atom. The van der Waals surface area contributed by atoms with Gasteiger partial charge in [0.1, 0.15) is 17.3 Å². The van der Waals surface area contributed by atoms with E-state index in [-0.39, 0.29) is 0 Å². The van der Waals surface area contributed by atoms with Crippen LogP contribution in [0.15, 0.2) is 194 Å². The average Bonchev–Trinajstić information content (AvgIpc) is 3.81. The van der Waals surface area contributed by atoms with Crippen LogP contribution in [0.25, 0.3) is 77.8 Å². The lowest BCUT2D eigenvalue weighted by molar-refractivity contribution is 0.435. The van der Waals surface area contributed by atoms with Gasteiger partial charge in [-0.15, -0.1) is 0 Å². The van der Waals surface area contributed by atoms with Crippen LogP contribution in [0, 0.1) is 0 Å². The summed E-state index contributed by atoms with van der Waals surface area (Å²) in [7, 11) is 0. The number of aromatic nitrogens is 4. The second-order valence-electron chi connectivity index (χ2n) is 15.3. The third-order valence-corrected chi connectivity index (χ3v) is 12.4. The SMILES string of the molecule is c1ccc(-c2cc(-n3c4ccccc4c4cc5c(cc43)C3(c4ccccc4O5)c4ccccc4-n4c5ccccc5c5cccc3c54)nc(-c3ccccc3)n2)cc1. The van der Waals surface area contributed by atoms with Gasteiger partial charge in [-0.3, -0.25) is 4.57 Å². The van der Waals surface area contributed by atoms with Crippen LogP contribution in [0.2, 0.25) is 0 Å². The van der Waals surface area contributed by atoms with Crippen LogP contribution < -0.4 is 4.74 Å². The van der Waals surface area contributed by atoms with Crippen molar-refractivity contribution in [1.29, 1.82) is 0 Å². The fourth-order valence-corrected chi connectivity index (χ4v) is 10.1. The molecule has 0 amide bonds. The number of nitrogens with zero attached hydrogens (tertiary/aromatic N) is 4. The van der Waals surface area contributed by atoms with E-state index < -0.39 is 5.41 Å². The Kier molecular flexibility index (Phi) is 6.31. The van der Waals surface area contributed by atoms with Crippen molar-refractivity contribution in [3.8, 4) is 45.6 Å². The van der Waals surface area contributed by atoms with E-state index in [1.54, 1.807) is 0 Å². The molecule has 5 heteroatoms. The molecule has 0 saturated heterocycles. The van der Waals surface area contributed by atoms with Crippen molar-refractivity contribution in [2.75, 3.05) is 0 Å². The fraction of sp³-hybridized carbons (Fsp3) is 0.0189. The van der Waals surface area contributed by atoms with Crippen LogP contribution in [-0.4, -0.2) is 19.1 Å². The Balaban J connectivity index is 1.18. The van der Waals surface area contributed by atoms with E-state index in [2.05, 4.69) is 179 Å². The van der Waals surface area contributed by atoms with E-state index in [0.717, 1.165) is 67.1 Å². The highest BCUT2D eigenvalue weighted by atomic mass is 16.5. The number of fused-ring (bicyclic) bond motifs is 14. The summed E-state index contributed by atoms with van der Waals surface area (Å²) in [5, 5.41) is 4.71. The predicted octanol–water partition coefficient (Wildman–Crippen LogP) is 12.8. The molecule has 1 atom stereocenters. The van der Waals surface area contributed by atoms with Crippen LogP contribution in [0.1, 0.15) is 22.3 Å².